The first-order chi connectivity index (χ1) is 15.4. The summed E-state index contributed by atoms with van der Waals surface area (Å²) in [7, 11) is -3.97. The third-order valence-electron chi connectivity index (χ3n) is 4.47. The molecule has 0 unspecified atom stereocenters. The highest BCUT2D eigenvalue weighted by Gasteiger charge is 2.22. The van der Waals surface area contributed by atoms with Crippen LogP contribution >= 0.6 is 11.6 Å². The Hall–Kier alpha value is -2.90. The Morgan fingerprint density at radius 3 is 2.30 bits per heavy atom. The molecule has 0 atom stereocenters. The molecule has 0 aliphatic carbocycles. The van der Waals surface area contributed by atoms with Crippen LogP contribution in [0.1, 0.15) is 26.3 Å². The van der Waals surface area contributed by atoms with Crippen molar-refractivity contribution in [1.29, 1.82) is 0 Å². The van der Waals surface area contributed by atoms with E-state index < -0.39 is 33.0 Å². The van der Waals surface area contributed by atoms with Gasteiger partial charge in [-0.05, 0) is 62.2 Å². The van der Waals surface area contributed by atoms with Crippen molar-refractivity contribution in [2.75, 3.05) is 6.61 Å². The summed E-state index contributed by atoms with van der Waals surface area (Å²) in [5, 5.41) is -0.0204. The Bertz CT molecular complexity index is 1230. The molecule has 0 fully saturated rings. The molecule has 3 rings (SSSR count). The van der Waals surface area contributed by atoms with Gasteiger partial charge in [0.2, 0.25) is 0 Å². The quantitative estimate of drug-likeness (QED) is 0.389. The van der Waals surface area contributed by atoms with Crippen LogP contribution in [0.5, 0.6) is 5.75 Å². The zero-order chi connectivity index (χ0) is 24.2. The minimum absolute atomic E-state index is 0.0204. The normalized spacial score (nSPS) is 11.8. The summed E-state index contributed by atoms with van der Waals surface area (Å²) in [6.07, 6.45) is 0. The first kappa shape index (κ1) is 24.7. The predicted octanol–water partition coefficient (Wildman–Crippen LogP) is 5.84. The smallest absolute Gasteiger partial charge is 0.344 e. The molecule has 8 heteroatoms. The predicted molar refractivity (Wildman–Crippen MR) is 126 cm³/mol. The molecule has 0 N–H and O–H groups in total. The number of rotatable bonds is 7. The van der Waals surface area contributed by atoms with Crippen molar-refractivity contribution < 1.29 is 27.1 Å². The molecule has 0 spiro atoms. The standard InChI is InChI=1S/C25H24ClFO5S/c1-25(2,3)32-24(28)15-31-23-10-9-18(17-7-5-4-6-8-17)11-19(23)16-33(29,30)22-13-20(26)12-21(27)14-22/h4-14H,15-16H2,1-3H3. The van der Waals surface area contributed by atoms with Crippen molar-refractivity contribution >= 4 is 27.4 Å². The monoisotopic (exact) mass is 490 g/mol. The highest BCUT2D eigenvalue weighted by Crippen LogP contribution is 2.31. The molecule has 174 valence electrons. The van der Waals surface area contributed by atoms with Crippen molar-refractivity contribution in [2.24, 2.45) is 0 Å². The van der Waals surface area contributed by atoms with Crippen molar-refractivity contribution in [3.63, 3.8) is 0 Å². The average Bonchev–Trinajstić information content (AvgIpc) is 2.71. The van der Waals surface area contributed by atoms with E-state index in [1.165, 1.54) is 6.07 Å². The van der Waals surface area contributed by atoms with Crippen molar-refractivity contribution in [2.45, 2.75) is 37.0 Å². The third kappa shape index (κ3) is 7.04. The highest BCUT2D eigenvalue weighted by atomic mass is 35.5. The van der Waals surface area contributed by atoms with E-state index >= 15 is 0 Å². The summed E-state index contributed by atoms with van der Waals surface area (Å²) in [6.45, 7) is 4.83. The van der Waals surface area contributed by atoms with Gasteiger partial charge in [-0.2, -0.15) is 0 Å². The lowest BCUT2D eigenvalue weighted by molar-refractivity contribution is -0.157. The number of esters is 1. The number of hydrogen-bond acceptors (Lipinski definition) is 5. The zero-order valence-electron chi connectivity index (χ0n) is 18.5. The van der Waals surface area contributed by atoms with Gasteiger partial charge in [-0.3, -0.25) is 0 Å². The Labute approximate surface area is 198 Å². The number of ether oxygens (including phenoxy) is 2. The van der Waals surface area contributed by atoms with Crippen LogP contribution in [0, 0.1) is 5.82 Å². The summed E-state index contributed by atoms with van der Waals surface area (Å²) in [4.78, 5) is 11.9. The molecular weight excluding hydrogens is 467 g/mol. The summed E-state index contributed by atoms with van der Waals surface area (Å²) >= 11 is 5.85. The van der Waals surface area contributed by atoms with Gasteiger partial charge in [0, 0.05) is 10.6 Å². The van der Waals surface area contributed by atoms with Crippen LogP contribution in [0.2, 0.25) is 5.02 Å². The van der Waals surface area contributed by atoms with Gasteiger partial charge in [-0.15, -0.1) is 0 Å². The van der Waals surface area contributed by atoms with Gasteiger partial charge in [-0.1, -0.05) is 48.0 Å². The zero-order valence-corrected chi connectivity index (χ0v) is 20.0. The molecule has 0 amide bonds. The van der Waals surface area contributed by atoms with Crippen LogP contribution < -0.4 is 4.74 Å². The van der Waals surface area contributed by atoms with Crippen LogP contribution in [0.15, 0.2) is 71.6 Å². The lowest BCUT2D eigenvalue weighted by Crippen LogP contribution is -2.27. The molecule has 0 radical (unpaired) electrons. The number of sulfone groups is 1. The van der Waals surface area contributed by atoms with E-state index in [2.05, 4.69) is 0 Å². The fraction of sp³-hybridized carbons (Fsp3) is 0.240. The van der Waals surface area contributed by atoms with Gasteiger partial charge in [0.05, 0.1) is 10.6 Å². The Morgan fingerprint density at radius 1 is 0.970 bits per heavy atom. The van der Waals surface area contributed by atoms with Gasteiger partial charge >= 0.3 is 5.97 Å². The van der Waals surface area contributed by atoms with E-state index in [9.17, 15) is 17.6 Å². The van der Waals surface area contributed by atoms with Crippen LogP contribution in [0.25, 0.3) is 11.1 Å². The summed E-state index contributed by atoms with van der Waals surface area (Å²) in [5.74, 6) is -1.59. The fourth-order valence-corrected chi connectivity index (χ4v) is 4.83. The van der Waals surface area contributed by atoms with Gasteiger partial charge in [-0.25, -0.2) is 17.6 Å². The van der Waals surface area contributed by atoms with Crippen LogP contribution in [0.4, 0.5) is 4.39 Å². The first-order valence-electron chi connectivity index (χ1n) is 10.1. The summed E-state index contributed by atoms with van der Waals surface area (Å²) < 4.78 is 50.8. The fourth-order valence-electron chi connectivity index (χ4n) is 3.15. The molecule has 0 saturated heterocycles. The van der Waals surface area contributed by atoms with Crippen molar-refractivity contribution in [1.82, 2.24) is 0 Å². The van der Waals surface area contributed by atoms with Gasteiger partial charge in [0.25, 0.3) is 0 Å². The lowest BCUT2D eigenvalue weighted by Gasteiger charge is -2.20. The Morgan fingerprint density at radius 2 is 1.67 bits per heavy atom. The van der Waals surface area contributed by atoms with E-state index in [0.29, 0.717) is 5.56 Å². The van der Waals surface area contributed by atoms with Crippen molar-refractivity contribution in [3.05, 3.63) is 83.1 Å². The number of benzene rings is 3. The molecule has 3 aromatic carbocycles. The Balaban J connectivity index is 1.96. The van der Waals surface area contributed by atoms with E-state index in [1.807, 2.05) is 30.3 Å². The molecule has 3 aromatic rings. The van der Waals surface area contributed by atoms with E-state index in [4.69, 9.17) is 21.1 Å². The van der Waals surface area contributed by atoms with E-state index in [1.54, 1.807) is 39.0 Å². The Kier molecular flexibility index (Phi) is 7.44. The van der Waals surface area contributed by atoms with Crippen LogP contribution in [0.3, 0.4) is 0 Å². The second-order valence-electron chi connectivity index (χ2n) is 8.43. The number of halogens is 2. The first-order valence-corrected chi connectivity index (χ1v) is 12.2. The minimum Gasteiger partial charge on any atom is -0.482 e. The highest BCUT2D eigenvalue weighted by molar-refractivity contribution is 7.90. The molecule has 0 bridgehead atoms. The van der Waals surface area contributed by atoms with Gasteiger partial charge in [0.1, 0.15) is 17.2 Å². The minimum atomic E-state index is -3.97. The maximum Gasteiger partial charge on any atom is 0.344 e. The second-order valence-corrected chi connectivity index (χ2v) is 10.9. The van der Waals surface area contributed by atoms with Crippen LogP contribution in [-0.2, 0) is 25.1 Å². The van der Waals surface area contributed by atoms with Crippen LogP contribution in [-0.4, -0.2) is 26.6 Å². The second kappa shape index (κ2) is 9.93. The molecule has 0 saturated carbocycles. The van der Waals surface area contributed by atoms with E-state index in [-0.39, 0.29) is 22.3 Å². The van der Waals surface area contributed by atoms with Gasteiger partial charge in [0.15, 0.2) is 16.4 Å². The SMILES string of the molecule is CC(C)(C)OC(=O)COc1ccc(-c2ccccc2)cc1CS(=O)(=O)c1cc(F)cc(Cl)c1. The third-order valence-corrected chi connectivity index (χ3v) is 6.34. The largest absolute Gasteiger partial charge is 0.482 e. The molecule has 0 heterocycles. The maximum atomic E-state index is 13.8. The molecule has 33 heavy (non-hydrogen) atoms. The molecule has 0 aliphatic rings. The topological polar surface area (TPSA) is 69.7 Å². The van der Waals surface area contributed by atoms with E-state index in [0.717, 1.165) is 23.3 Å². The molecular formula is C25H24ClFO5S. The number of carbonyl (C=O) groups excluding carboxylic acids is 1. The lowest BCUT2D eigenvalue weighted by atomic mass is 10.0. The summed E-state index contributed by atoms with van der Waals surface area (Å²) in [6, 6.07) is 17.6. The molecule has 5 nitrogen and oxygen atoms in total. The molecule has 0 aliphatic heterocycles. The molecule has 0 aromatic heterocycles. The summed E-state index contributed by atoms with van der Waals surface area (Å²) in [5.41, 5.74) is 1.28. The van der Waals surface area contributed by atoms with Crippen molar-refractivity contribution in [3.8, 4) is 16.9 Å². The number of carbonyl (C=O) groups is 1. The number of hydrogen-bond donors (Lipinski definition) is 0. The maximum absolute atomic E-state index is 13.8. The van der Waals surface area contributed by atoms with Gasteiger partial charge < -0.3 is 9.47 Å². The average molecular weight is 491 g/mol.